The van der Waals surface area contributed by atoms with Crippen LogP contribution in [0.1, 0.15) is 18.4 Å². The molecule has 1 N–H and O–H groups in total. The quantitative estimate of drug-likeness (QED) is 0.694. The van der Waals surface area contributed by atoms with Crippen molar-refractivity contribution in [2.75, 3.05) is 20.2 Å². The fraction of sp³-hybridized carbons (Fsp3) is 0.389. The van der Waals surface area contributed by atoms with E-state index in [0.717, 1.165) is 32.5 Å². The highest BCUT2D eigenvalue weighted by Crippen LogP contribution is 2.35. The molecule has 6 nitrogen and oxygen atoms in total. The predicted octanol–water partition coefficient (Wildman–Crippen LogP) is 3.45. The van der Waals surface area contributed by atoms with Crippen molar-refractivity contribution in [3.05, 3.63) is 51.7 Å². The lowest BCUT2D eigenvalue weighted by Gasteiger charge is -2.32. The second-order valence-corrected chi connectivity index (χ2v) is 9.42. The molecular weight excluding hydrogens is 454 g/mol. The molecular formula is C18H21BrClN3O3S. The van der Waals surface area contributed by atoms with Crippen LogP contribution in [0, 0.1) is 0 Å². The van der Waals surface area contributed by atoms with Gasteiger partial charge in [-0.2, -0.15) is 0 Å². The Bertz CT molecular complexity index is 888. The zero-order chi connectivity index (χ0) is 19.4. The molecule has 1 saturated heterocycles. The molecule has 2 heterocycles. The summed E-state index contributed by atoms with van der Waals surface area (Å²) in [5, 5.41) is 0.329. The van der Waals surface area contributed by atoms with Gasteiger partial charge in [-0.1, -0.05) is 11.6 Å². The smallest absolute Gasteiger partial charge is 0.244 e. The fourth-order valence-corrected chi connectivity index (χ4v) is 5.86. The number of benzene rings is 1. The number of ether oxygens (including phenoxy) is 1. The van der Waals surface area contributed by atoms with Crippen LogP contribution in [0.3, 0.4) is 0 Å². The SMILES string of the molecule is COc1c(Br)cc(Cl)cc1S(=O)(=O)NC1CCN(Cc2ccncc2)CC1. The van der Waals surface area contributed by atoms with Gasteiger partial charge in [0.2, 0.25) is 10.0 Å². The van der Waals surface area contributed by atoms with Crippen molar-refractivity contribution in [3.8, 4) is 5.75 Å². The summed E-state index contributed by atoms with van der Waals surface area (Å²) in [5.41, 5.74) is 1.21. The number of nitrogens with one attached hydrogen (secondary N) is 1. The summed E-state index contributed by atoms with van der Waals surface area (Å²) in [6.45, 7) is 2.49. The third-order valence-corrected chi connectivity index (χ3v) is 6.87. The maximum atomic E-state index is 12.9. The number of sulfonamides is 1. The number of likely N-dealkylation sites (tertiary alicyclic amines) is 1. The van der Waals surface area contributed by atoms with Gasteiger partial charge >= 0.3 is 0 Å². The molecule has 1 fully saturated rings. The van der Waals surface area contributed by atoms with Gasteiger partial charge in [0.25, 0.3) is 0 Å². The highest BCUT2D eigenvalue weighted by atomic mass is 79.9. The summed E-state index contributed by atoms with van der Waals surface area (Å²) in [5.74, 6) is 0.252. The molecule has 27 heavy (non-hydrogen) atoms. The molecule has 0 atom stereocenters. The van der Waals surface area contributed by atoms with Crippen molar-refractivity contribution < 1.29 is 13.2 Å². The lowest BCUT2D eigenvalue weighted by molar-refractivity contribution is 0.200. The van der Waals surface area contributed by atoms with Crippen molar-refractivity contribution in [1.82, 2.24) is 14.6 Å². The third-order valence-electron chi connectivity index (χ3n) is 4.53. The molecule has 0 bridgehead atoms. The molecule has 2 aromatic rings. The van der Waals surface area contributed by atoms with Crippen LogP contribution < -0.4 is 9.46 Å². The maximum absolute atomic E-state index is 12.9. The Morgan fingerprint density at radius 2 is 1.96 bits per heavy atom. The second kappa shape index (κ2) is 8.87. The number of methoxy groups -OCH3 is 1. The lowest BCUT2D eigenvalue weighted by atomic mass is 10.1. The van der Waals surface area contributed by atoms with Crippen molar-refractivity contribution in [3.63, 3.8) is 0 Å². The molecule has 9 heteroatoms. The average Bonchev–Trinajstić information content (AvgIpc) is 2.63. The van der Waals surface area contributed by atoms with Crippen LogP contribution in [0.5, 0.6) is 5.75 Å². The lowest BCUT2D eigenvalue weighted by Crippen LogP contribution is -2.44. The molecule has 0 saturated carbocycles. The summed E-state index contributed by atoms with van der Waals surface area (Å²) >= 11 is 9.34. The number of aromatic nitrogens is 1. The molecule has 1 aromatic carbocycles. The molecule has 0 radical (unpaired) electrons. The van der Waals surface area contributed by atoms with E-state index in [0.29, 0.717) is 9.50 Å². The van der Waals surface area contributed by atoms with Crippen LogP contribution >= 0.6 is 27.5 Å². The minimum absolute atomic E-state index is 0.0450. The Kier molecular flexibility index (Phi) is 6.75. The largest absolute Gasteiger partial charge is 0.494 e. The topological polar surface area (TPSA) is 71.5 Å². The van der Waals surface area contributed by atoms with E-state index in [1.807, 2.05) is 12.1 Å². The third kappa shape index (κ3) is 5.20. The first-order valence-corrected chi connectivity index (χ1v) is 11.2. The van der Waals surface area contributed by atoms with E-state index in [1.165, 1.54) is 18.7 Å². The van der Waals surface area contributed by atoms with Crippen LogP contribution in [0.25, 0.3) is 0 Å². The van der Waals surface area contributed by atoms with Gasteiger partial charge in [-0.3, -0.25) is 9.88 Å². The van der Waals surface area contributed by atoms with Crippen LogP contribution in [-0.4, -0.2) is 44.5 Å². The average molecular weight is 475 g/mol. The van der Waals surface area contributed by atoms with Crippen molar-refractivity contribution in [1.29, 1.82) is 0 Å². The van der Waals surface area contributed by atoms with Gasteiger partial charge < -0.3 is 4.74 Å². The molecule has 1 aliphatic heterocycles. The molecule has 146 valence electrons. The van der Waals surface area contributed by atoms with Gasteiger partial charge in [0, 0.05) is 43.1 Å². The number of nitrogens with zero attached hydrogens (tertiary/aromatic N) is 2. The monoisotopic (exact) mass is 473 g/mol. The van der Waals surface area contributed by atoms with Gasteiger partial charge in [0.05, 0.1) is 11.6 Å². The number of rotatable bonds is 6. The molecule has 0 unspecified atom stereocenters. The highest BCUT2D eigenvalue weighted by Gasteiger charge is 2.28. The Balaban J connectivity index is 1.65. The van der Waals surface area contributed by atoms with E-state index in [4.69, 9.17) is 16.3 Å². The van der Waals surface area contributed by atoms with Crippen LogP contribution in [0.2, 0.25) is 5.02 Å². The predicted molar refractivity (Wildman–Crippen MR) is 109 cm³/mol. The normalized spacial score (nSPS) is 16.4. The number of pyridine rings is 1. The Morgan fingerprint density at radius 3 is 2.59 bits per heavy atom. The van der Waals surface area contributed by atoms with E-state index >= 15 is 0 Å². The van der Waals surface area contributed by atoms with E-state index < -0.39 is 10.0 Å². The molecule has 0 aliphatic carbocycles. The van der Waals surface area contributed by atoms with Crippen LogP contribution in [0.15, 0.2) is 46.0 Å². The van der Waals surface area contributed by atoms with Gasteiger partial charge in [-0.15, -0.1) is 0 Å². The Hall–Kier alpha value is -1.19. The van der Waals surface area contributed by atoms with Gasteiger partial charge in [0.15, 0.2) is 5.75 Å². The van der Waals surface area contributed by atoms with E-state index in [9.17, 15) is 8.42 Å². The van der Waals surface area contributed by atoms with Gasteiger partial charge in [-0.05, 0) is 58.6 Å². The fourth-order valence-electron chi connectivity index (χ4n) is 3.17. The van der Waals surface area contributed by atoms with E-state index in [1.54, 1.807) is 18.5 Å². The van der Waals surface area contributed by atoms with Crippen LogP contribution in [0.4, 0.5) is 0 Å². The van der Waals surface area contributed by atoms with Crippen molar-refractivity contribution in [2.24, 2.45) is 0 Å². The standard InChI is InChI=1S/C18H21BrClN3O3S/c1-26-18-16(19)10-14(20)11-17(18)27(24,25)22-15-4-8-23(9-5-15)12-13-2-6-21-7-3-13/h2-3,6-7,10-11,15,22H,4-5,8-9,12H2,1H3. The van der Waals surface area contributed by atoms with Gasteiger partial charge in [-0.25, -0.2) is 13.1 Å². The van der Waals surface area contributed by atoms with Crippen LogP contribution in [-0.2, 0) is 16.6 Å². The number of piperidine rings is 1. The summed E-state index contributed by atoms with van der Waals surface area (Å²) < 4.78 is 34.3. The second-order valence-electron chi connectivity index (χ2n) is 6.45. The summed E-state index contributed by atoms with van der Waals surface area (Å²) in [6.07, 6.45) is 5.06. The Labute approximate surface area is 173 Å². The molecule has 3 rings (SSSR count). The van der Waals surface area contributed by atoms with Crippen molar-refractivity contribution >= 4 is 37.6 Å². The highest BCUT2D eigenvalue weighted by molar-refractivity contribution is 9.10. The first-order chi connectivity index (χ1) is 12.9. The minimum atomic E-state index is -3.74. The summed E-state index contributed by atoms with van der Waals surface area (Å²) in [4.78, 5) is 6.39. The summed E-state index contributed by atoms with van der Waals surface area (Å²) in [6, 6.07) is 6.89. The molecule has 1 aromatic heterocycles. The molecule has 1 aliphatic rings. The summed E-state index contributed by atoms with van der Waals surface area (Å²) in [7, 11) is -2.31. The first kappa shape index (κ1) is 20.5. The minimum Gasteiger partial charge on any atom is -0.494 e. The number of halogens is 2. The zero-order valence-electron chi connectivity index (χ0n) is 14.9. The first-order valence-electron chi connectivity index (χ1n) is 8.55. The number of hydrogen-bond donors (Lipinski definition) is 1. The number of hydrogen-bond acceptors (Lipinski definition) is 5. The molecule has 0 amide bonds. The van der Waals surface area contributed by atoms with E-state index in [-0.39, 0.29) is 16.7 Å². The van der Waals surface area contributed by atoms with Crippen molar-refractivity contribution in [2.45, 2.75) is 30.3 Å². The molecule has 0 spiro atoms. The van der Waals surface area contributed by atoms with Gasteiger partial charge in [0.1, 0.15) is 4.90 Å². The van der Waals surface area contributed by atoms with E-state index in [2.05, 4.69) is 30.5 Å². The Morgan fingerprint density at radius 1 is 1.30 bits per heavy atom. The zero-order valence-corrected chi connectivity index (χ0v) is 18.0. The maximum Gasteiger partial charge on any atom is 0.244 e.